The van der Waals surface area contributed by atoms with Crippen LogP contribution >= 0.6 is 0 Å². The Balaban J connectivity index is 2.07. The molecule has 10 heteroatoms. The zero-order valence-electron chi connectivity index (χ0n) is 18.8. The normalized spacial score (nSPS) is 17.0. The predicted octanol–water partition coefficient (Wildman–Crippen LogP) is 2.79. The SMILES string of the molecule is Cc1ccc2nc(C3(C#N)CCN(C(=O)OC(C)(C)C)CC3)n(S(=O)(=O)N(C)C)c2c1. The monoisotopic (exact) mass is 447 g/mol. The summed E-state index contributed by atoms with van der Waals surface area (Å²) in [7, 11) is -1.03. The summed E-state index contributed by atoms with van der Waals surface area (Å²) in [6.07, 6.45) is 0.0752. The van der Waals surface area contributed by atoms with Gasteiger partial charge in [0.15, 0.2) is 0 Å². The largest absolute Gasteiger partial charge is 0.444 e. The number of aryl methyl sites for hydroxylation is 1. The maximum atomic E-state index is 13.2. The number of hydrogen-bond donors (Lipinski definition) is 0. The number of nitriles is 1. The maximum Gasteiger partial charge on any atom is 0.410 e. The molecule has 1 aromatic carbocycles. The van der Waals surface area contributed by atoms with Crippen LogP contribution in [-0.4, -0.2) is 65.5 Å². The van der Waals surface area contributed by atoms with E-state index in [1.807, 2.05) is 13.0 Å². The van der Waals surface area contributed by atoms with E-state index in [2.05, 4.69) is 11.1 Å². The number of likely N-dealkylation sites (tertiary alicyclic amines) is 1. The highest BCUT2D eigenvalue weighted by molar-refractivity contribution is 7.87. The van der Waals surface area contributed by atoms with E-state index in [1.165, 1.54) is 18.1 Å². The second-order valence-electron chi connectivity index (χ2n) is 9.14. The molecule has 1 aliphatic heterocycles. The third kappa shape index (κ3) is 4.25. The molecule has 1 aromatic heterocycles. The third-order valence-electron chi connectivity index (χ3n) is 5.37. The van der Waals surface area contributed by atoms with E-state index in [0.29, 0.717) is 11.0 Å². The van der Waals surface area contributed by atoms with Gasteiger partial charge in [0.1, 0.15) is 16.8 Å². The lowest BCUT2D eigenvalue weighted by molar-refractivity contribution is 0.0182. The van der Waals surface area contributed by atoms with Crippen LogP contribution in [0.15, 0.2) is 18.2 Å². The molecule has 1 fully saturated rings. The van der Waals surface area contributed by atoms with E-state index < -0.39 is 27.3 Å². The van der Waals surface area contributed by atoms with Crippen molar-refractivity contribution in [1.29, 1.82) is 5.26 Å². The second kappa shape index (κ2) is 7.80. The van der Waals surface area contributed by atoms with Gasteiger partial charge in [-0.15, -0.1) is 0 Å². The van der Waals surface area contributed by atoms with E-state index in [1.54, 1.807) is 37.8 Å². The molecule has 2 heterocycles. The van der Waals surface area contributed by atoms with E-state index >= 15 is 0 Å². The van der Waals surface area contributed by atoms with Crippen molar-refractivity contribution in [3.8, 4) is 6.07 Å². The Morgan fingerprint density at radius 3 is 2.39 bits per heavy atom. The van der Waals surface area contributed by atoms with E-state index in [-0.39, 0.29) is 31.8 Å². The van der Waals surface area contributed by atoms with Crippen molar-refractivity contribution in [2.24, 2.45) is 0 Å². The van der Waals surface area contributed by atoms with Gasteiger partial charge in [0.05, 0.1) is 17.1 Å². The summed E-state index contributed by atoms with van der Waals surface area (Å²) in [5.41, 5.74) is 0.0732. The van der Waals surface area contributed by atoms with Crippen molar-refractivity contribution in [1.82, 2.24) is 18.2 Å². The molecule has 0 unspecified atom stereocenters. The van der Waals surface area contributed by atoms with Crippen LogP contribution in [0.3, 0.4) is 0 Å². The van der Waals surface area contributed by atoms with Gasteiger partial charge in [-0.05, 0) is 58.2 Å². The minimum atomic E-state index is -3.93. The molecule has 1 amide bonds. The van der Waals surface area contributed by atoms with Crippen LogP contribution < -0.4 is 0 Å². The number of carbonyl (C=O) groups excluding carboxylic acids is 1. The van der Waals surface area contributed by atoms with Crippen molar-refractivity contribution in [2.45, 2.75) is 51.6 Å². The molecule has 0 N–H and O–H groups in total. The Morgan fingerprint density at radius 1 is 1.26 bits per heavy atom. The Kier molecular flexibility index (Phi) is 5.80. The smallest absolute Gasteiger partial charge is 0.410 e. The molecule has 168 valence electrons. The highest BCUT2D eigenvalue weighted by atomic mass is 32.2. The maximum absolute atomic E-state index is 13.2. The molecule has 3 rings (SSSR count). The lowest BCUT2D eigenvalue weighted by Crippen LogP contribution is -2.48. The molecule has 0 atom stereocenters. The molecular weight excluding hydrogens is 418 g/mol. The van der Waals surface area contributed by atoms with Crippen LogP contribution in [-0.2, 0) is 20.4 Å². The first-order chi connectivity index (χ1) is 14.3. The van der Waals surface area contributed by atoms with Crippen molar-refractivity contribution < 1.29 is 17.9 Å². The molecule has 0 saturated carbocycles. The Hall–Kier alpha value is -2.64. The number of nitrogens with zero attached hydrogens (tertiary/aromatic N) is 5. The first kappa shape index (κ1) is 23.0. The summed E-state index contributed by atoms with van der Waals surface area (Å²) >= 11 is 0. The molecule has 0 aliphatic carbocycles. The molecule has 0 bridgehead atoms. The number of aromatic nitrogens is 2. The number of benzene rings is 1. The molecule has 31 heavy (non-hydrogen) atoms. The molecule has 0 radical (unpaired) electrons. The topological polar surface area (TPSA) is 109 Å². The minimum absolute atomic E-state index is 0.188. The summed E-state index contributed by atoms with van der Waals surface area (Å²) in [6.45, 7) is 7.80. The van der Waals surface area contributed by atoms with Gasteiger partial charge in [-0.25, -0.2) is 13.8 Å². The Bertz CT molecular complexity index is 1150. The van der Waals surface area contributed by atoms with Gasteiger partial charge in [-0.1, -0.05) is 6.07 Å². The minimum Gasteiger partial charge on any atom is -0.444 e. The van der Waals surface area contributed by atoms with Gasteiger partial charge in [0.25, 0.3) is 0 Å². The van der Waals surface area contributed by atoms with Gasteiger partial charge in [0, 0.05) is 27.2 Å². The molecule has 2 aromatic rings. The van der Waals surface area contributed by atoms with Crippen LogP contribution in [0, 0.1) is 18.3 Å². The number of imidazole rings is 1. The molecule has 1 aliphatic rings. The zero-order chi connectivity index (χ0) is 23.2. The number of carbonyl (C=O) groups is 1. The Morgan fingerprint density at radius 2 is 1.87 bits per heavy atom. The lowest BCUT2D eigenvalue weighted by Gasteiger charge is -2.37. The predicted molar refractivity (Wildman–Crippen MR) is 117 cm³/mol. The van der Waals surface area contributed by atoms with Crippen molar-refractivity contribution in [3.63, 3.8) is 0 Å². The van der Waals surface area contributed by atoms with Gasteiger partial charge in [0.2, 0.25) is 0 Å². The summed E-state index contributed by atoms with van der Waals surface area (Å²) < 4.78 is 34.2. The number of amides is 1. The fourth-order valence-corrected chi connectivity index (χ4v) is 4.80. The fraction of sp³-hybridized carbons (Fsp3) is 0.571. The van der Waals surface area contributed by atoms with E-state index in [0.717, 1.165) is 9.87 Å². The molecule has 9 nitrogen and oxygen atoms in total. The first-order valence-electron chi connectivity index (χ1n) is 10.1. The number of piperidine rings is 1. The van der Waals surface area contributed by atoms with Gasteiger partial charge >= 0.3 is 16.3 Å². The third-order valence-corrected chi connectivity index (χ3v) is 7.13. The van der Waals surface area contributed by atoms with Crippen molar-refractivity contribution in [2.75, 3.05) is 27.2 Å². The van der Waals surface area contributed by atoms with Gasteiger partial charge < -0.3 is 9.64 Å². The van der Waals surface area contributed by atoms with Gasteiger partial charge in [-0.3, -0.25) is 0 Å². The average molecular weight is 448 g/mol. The summed E-state index contributed by atoms with van der Waals surface area (Å²) in [4.78, 5) is 18.6. The van der Waals surface area contributed by atoms with Crippen LogP contribution in [0.2, 0.25) is 0 Å². The highest BCUT2D eigenvalue weighted by Gasteiger charge is 2.44. The van der Waals surface area contributed by atoms with Crippen LogP contribution in [0.1, 0.15) is 45.0 Å². The Labute approximate surface area is 183 Å². The second-order valence-corrected chi connectivity index (χ2v) is 11.1. The number of rotatable bonds is 3. The van der Waals surface area contributed by atoms with Crippen LogP contribution in [0.4, 0.5) is 4.79 Å². The molecule has 1 saturated heterocycles. The molecular formula is C21H29N5O4S. The van der Waals surface area contributed by atoms with E-state index in [4.69, 9.17) is 4.74 Å². The van der Waals surface area contributed by atoms with Crippen molar-refractivity contribution in [3.05, 3.63) is 29.6 Å². The van der Waals surface area contributed by atoms with Gasteiger partial charge in [-0.2, -0.15) is 18.0 Å². The summed E-state index contributed by atoms with van der Waals surface area (Å²) in [5.74, 6) is 0.188. The van der Waals surface area contributed by atoms with Crippen molar-refractivity contribution >= 4 is 27.3 Å². The number of fused-ring (bicyclic) bond motifs is 1. The number of hydrogen-bond acceptors (Lipinski definition) is 6. The molecule has 0 spiro atoms. The van der Waals surface area contributed by atoms with Crippen LogP contribution in [0.5, 0.6) is 0 Å². The quantitative estimate of drug-likeness (QED) is 0.716. The standard InChI is InChI=1S/C21H29N5O4S/c1-15-7-8-16-17(13-15)26(31(28,29)24(5)6)18(23-16)21(14-22)9-11-25(12-10-21)19(27)30-20(2,3)4/h7-8,13H,9-12H2,1-6H3. The fourth-order valence-electron chi connectivity index (χ4n) is 3.65. The van der Waals surface area contributed by atoms with E-state index in [9.17, 15) is 18.5 Å². The zero-order valence-corrected chi connectivity index (χ0v) is 19.7. The number of ether oxygens (including phenoxy) is 1. The first-order valence-corrected chi connectivity index (χ1v) is 11.5. The van der Waals surface area contributed by atoms with Crippen LogP contribution in [0.25, 0.3) is 11.0 Å². The highest BCUT2D eigenvalue weighted by Crippen LogP contribution is 2.38. The summed E-state index contributed by atoms with van der Waals surface area (Å²) in [5, 5.41) is 10.2. The lowest BCUT2D eigenvalue weighted by atomic mass is 9.79. The summed E-state index contributed by atoms with van der Waals surface area (Å²) in [6, 6.07) is 7.70. The average Bonchev–Trinajstić information content (AvgIpc) is 3.06.